The van der Waals surface area contributed by atoms with Crippen molar-refractivity contribution in [3.63, 3.8) is 0 Å². The second-order valence-electron chi connectivity index (χ2n) is 6.69. The van der Waals surface area contributed by atoms with Crippen LogP contribution < -0.4 is 4.74 Å². The fourth-order valence-electron chi connectivity index (χ4n) is 2.79. The Hall–Kier alpha value is -2.55. The molecular formula is C24H30O3. The number of carbonyl (C=O) groups is 1. The number of esters is 1. The van der Waals surface area contributed by atoms with E-state index in [1.54, 1.807) is 6.08 Å². The van der Waals surface area contributed by atoms with Gasteiger partial charge in [0.15, 0.2) is 0 Å². The lowest BCUT2D eigenvalue weighted by Crippen LogP contribution is -2.12. The minimum atomic E-state index is -0.303. The fourth-order valence-corrected chi connectivity index (χ4v) is 2.79. The van der Waals surface area contributed by atoms with E-state index >= 15 is 0 Å². The van der Waals surface area contributed by atoms with Crippen LogP contribution >= 0.6 is 0 Å². The highest BCUT2D eigenvalue weighted by molar-refractivity contribution is 5.87. The Balaban J connectivity index is 1.89. The molecule has 0 spiro atoms. The van der Waals surface area contributed by atoms with Crippen LogP contribution in [-0.2, 0) is 16.1 Å². The van der Waals surface area contributed by atoms with Crippen LogP contribution in [0.5, 0.6) is 5.75 Å². The third kappa shape index (κ3) is 7.69. The maximum absolute atomic E-state index is 12.1. The summed E-state index contributed by atoms with van der Waals surface area (Å²) in [5.41, 5.74) is 1.97. The Bertz CT molecular complexity index is 707. The summed E-state index contributed by atoms with van der Waals surface area (Å²) in [6.07, 6.45) is 7.74. The molecule has 0 heterocycles. The second-order valence-corrected chi connectivity index (χ2v) is 6.69. The Kier molecular flexibility index (Phi) is 9.19. The second kappa shape index (κ2) is 11.9. The topological polar surface area (TPSA) is 35.5 Å². The molecule has 2 aromatic carbocycles. The van der Waals surface area contributed by atoms with Crippen LogP contribution in [0.2, 0.25) is 0 Å². The average Bonchev–Trinajstić information content (AvgIpc) is 2.72. The van der Waals surface area contributed by atoms with Crippen molar-refractivity contribution in [3.8, 4) is 5.75 Å². The lowest BCUT2D eigenvalue weighted by atomic mass is 10.0. The molecule has 3 nitrogen and oxygen atoms in total. The Morgan fingerprint density at radius 3 is 2.52 bits per heavy atom. The molecule has 0 aromatic heterocycles. The first-order chi connectivity index (χ1) is 13.2. The molecule has 2 aromatic rings. The molecule has 0 saturated carbocycles. The van der Waals surface area contributed by atoms with E-state index in [4.69, 9.17) is 9.47 Å². The van der Waals surface area contributed by atoms with Gasteiger partial charge >= 0.3 is 5.97 Å². The maximum atomic E-state index is 12.1. The standard InChI is InChI=1S/C24H30O3/c1-3-5-11-20(4-2)18-27-24(25)17-16-22-14-9-10-15-23(22)26-19-21-12-7-6-8-13-21/h6-10,12-17,20H,3-5,11,18-19H2,1-2H3/b17-16+/t20-/m1/s1. The van der Waals surface area contributed by atoms with Gasteiger partial charge in [-0.05, 0) is 30.0 Å². The number of para-hydroxylation sites is 1. The van der Waals surface area contributed by atoms with Crippen LogP contribution in [0.4, 0.5) is 0 Å². The van der Waals surface area contributed by atoms with Crippen molar-refractivity contribution in [1.82, 2.24) is 0 Å². The van der Waals surface area contributed by atoms with Gasteiger partial charge in [0.1, 0.15) is 12.4 Å². The van der Waals surface area contributed by atoms with E-state index < -0.39 is 0 Å². The lowest BCUT2D eigenvalue weighted by molar-refractivity contribution is -0.139. The number of carbonyl (C=O) groups excluding carboxylic acids is 1. The zero-order valence-corrected chi connectivity index (χ0v) is 16.4. The molecule has 1 atom stereocenters. The smallest absolute Gasteiger partial charge is 0.330 e. The lowest BCUT2D eigenvalue weighted by Gasteiger charge is -2.13. The molecule has 2 rings (SSSR count). The van der Waals surface area contributed by atoms with E-state index in [1.165, 1.54) is 18.9 Å². The van der Waals surface area contributed by atoms with Crippen molar-refractivity contribution < 1.29 is 14.3 Å². The molecule has 0 saturated heterocycles. The SMILES string of the molecule is CCCC[C@@H](CC)COC(=O)/C=C/c1ccccc1OCc1ccccc1. The molecule has 0 amide bonds. The van der Waals surface area contributed by atoms with E-state index in [0.29, 0.717) is 19.1 Å². The number of benzene rings is 2. The predicted octanol–water partition coefficient (Wildman–Crippen LogP) is 6.04. The number of hydrogen-bond donors (Lipinski definition) is 0. The third-order valence-corrected chi connectivity index (χ3v) is 4.56. The first-order valence-electron chi connectivity index (χ1n) is 9.83. The molecule has 0 N–H and O–H groups in total. The van der Waals surface area contributed by atoms with Gasteiger partial charge in [-0.2, -0.15) is 0 Å². The van der Waals surface area contributed by atoms with Crippen LogP contribution in [-0.4, -0.2) is 12.6 Å². The first kappa shape index (κ1) is 20.8. The zero-order chi connectivity index (χ0) is 19.3. The highest BCUT2D eigenvalue weighted by Gasteiger charge is 2.08. The van der Waals surface area contributed by atoms with Crippen molar-refractivity contribution in [2.45, 2.75) is 46.1 Å². The molecule has 0 fully saturated rings. The monoisotopic (exact) mass is 366 g/mol. The van der Waals surface area contributed by atoms with Gasteiger partial charge < -0.3 is 9.47 Å². The molecule has 27 heavy (non-hydrogen) atoms. The summed E-state index contributed by atoms with van der Waals surface area (Å²) in [6.45, 7) is 5.31. The van der Waals surface area contributed by atoms with E-state index in [9.17, 15) is 4.79 Å². The van der Waals surface area contributed by atoms with E-state index in [-0.39, 0.29) is 5.97 Å². The van der Waals surface area contributed by atoms with Crippen molar-refractivity contribution in [3.05, 3.63) is 71.8 Å². The predicted molar refractivity (Wildman–Crippen MR) is 111 cm³/mol. The van der Waals surface area contributed by atoms with Gasteiger partial charge in [0.2, 0.25) is 0 Å². The van der Waals surface area contributed by atoms with Crippen molar-refractivity contribution in [2.75, 3.05) is 6.61 Å². The van der Waals surface area contributed by atoms with Crippen LogP contribution in [0.15, 0.2) is 60.7 Å². The van der Waals surface area contributed by atoms with Gasteiger partial charge in [-0.25, -0.2) is 4.79 Å². The first-order valence-corrected chi connectivity index (χ1v) is 9.83. The fraction of sp³-hybridized carbons (Fsp3) is 0.375. The van der Waals surface area contributed by atoms with Crippen molar-refractivity contribution in [1.29, 1.82) is 0 Å². The maximum Gasteiger partial charge on any atom is 0.330 e. The largest absolute Gasteiger partial charge is 0.488 e. The van der Waals surface area contributed by atoms with Gasteiger partial charge in [0.05, 0.1) is 6.61 Å². The Labute approximate surface area is 163 Å². The van der Waals surface area contributed by atoms with Crippen LogP contribution in [0.3, 0.4) is 0 Å². The number of ether oxygens (including phenoxy) is 2. The van der Waals surface area contributed by atoms with E-state index in [0.717, 1.165) is 29.7 Å². The minimum Gasteiger partial charge on any atom is -0.488 e. The van der Waals surface area contributed by atoms with Gasteiger partial charge in [-0.3, -0.25) is 0 Å². The van der Waals surface area contributed by atoms with Crippen LogP contribution in [0, 0.1) is 5.92 Å². The summed E-state index contributed by atoms with van der Waals surface area (Å²) in [6, 6.07) is 17.7. The van der Waals surface area contributed by atoms with Crippen LogP contribution in [0.25, 0.3) is 6.08 Å². The Morgan fingerprint density at radius 2 is 1.78 bits per heavy atom. The van der Waals surface area contributed by atoms with E-state index in [2.05, 4.69) is 13.8 Å². The molecule has 144 valence electrons. The van der Waals surface area contributed by atoms with Crippen molar-refractivity contribution in [2.24, 2.45) is 5.92 Å². The van der Waals surface area contributed by atoms with Gasteiger partial charge in [0, 0.05) is 11.6 Å². The highest BCUT2D eigenvalue weighted by Crippen LogP contribution is 2.21. The zero-order valence-electron chi connectivity index (χ0n) is 16.4. The molecule has 0 unspecified atom stereocenters. The highest BCUT2D eigenvalue weighted by atomic mass is 16.5. The number of unbranched alkanes of at least 4 members (excludes halogenated alkanes) is 1. The third-order valence-electron chi connectivity index (χ3n) is 4.56. The summed E-state index contributed by atoms with van der Waals surface area (Å²) >= 11 is 0. The summed E-state index contributed by atoms with van der Waals surface area (Å²) in [7, 11) is 0. The van der Waals surface area contributed by atoms with Crippen LogP contribution in [0.1, 0.15) is 50.7 Å². The molecule has 0 bridgehead atoms. The molecule has 0 aliphatic heterocycles. The summed E-state index contributed by atoms with van der Waals surface area (Å²) in [4.78, 5) is 12.1. The number of hydrogen-bond acceptors (Lipinski definition) is 3. The van der Waals surface area contributed by atoms with Gasteiger partial charge in [0.25, 0.3) is 0 Å². The average molecular weight is 367 g/mol. The summed E-state index contributed by atoms with van der Waals surface area (Å²) in [5.74, 6) is 0.895. The molecule has 0 aliphatic rings. The minimum absolute atomic E-state index is 0.303. The quantitative estimate of drug-likeness (QED) is 0.359. The molecule has 0 radical (unpaired) electrons. The molecular weight excluding hydrogens is 336 g/mol. The molecule has 3 heteroatoms. The normalized spacial score (nSPS) is 12.1. The van der Waals surface area contributed by atoms with Crippen molar-refractivity contribution >= 4 is 12.0 Å². The number of rotatable bonds is 11. The van der Waals surface area contributed by atoms with Gasteiger partial charge in [-0.1, -0.05) is 81.6 Å². The van der Waals surface area contributed by atoms with E-state index in [1.807, 2.05) is 54.6 Å². The summed E-state index contributed by atoms with van der Waals surface area (Å²) in [5, 5.41) is 0. The Morgan fingerprint density at radius 1 is 1.04 bits per heavy atom. The van der Waals surface area contributed by atoms with Gasteiger partial charge in [-0.15, -0.1) is 0 Å². The summed E-state index contributed by atoms with van der Waals surface area (Å²) < 4.78 is 11.3. The molecule has 0 aliphatic carbocycles.